The van der Waals surface area contributed by atoms with Crippen LogP contribution in [0.15, 0.2) is 66.7 Å². The van der Waals surface area contributed by atoms with Crippen LogP contribution in [0.3, 0.4) is 0 Å². The smallest absolute Gasteiger partial charge is 0.254 e. The molecule has 0 unspecified atom stereocenters. The summed E-state index contributed by atoms with van der Waals surface area (Å²) in [6.45, 7) is 0. The zero-order chi connectivity index (χ0) is 21.0. The molecule has 0 aliphatic rings. The quantitative estimate of drug-likeness (QED) is 0.244. The standard InChI is InChI=1S/C20H15Cl4N3OS/c21-15-10-4-3-9-14(15)17(28)26-18(20(22,23)24)27-19(29)25-16-11-5-7-12-6-1-2-8-13(12)16/h1-11,18H,(H,26,28)(H2,25,27,29)/t18-/m1/s1. The van der Waals surface area contributed by atoms with E-state index in [2.05, 4.69) is 16.0 Å². The Labute approximate surface area is 193 Å². The molecule has 29 heavy (non-hydrogen) atoms. The summed E-state index contributed by atoms with van der Waals surface area (Å²) < 4.78 is -1.87. The van der Waals surface area contributed by atoms with E-state index in [1.54, 1.807) is 24.3 Å². The van der Waals surface area contributed by atoms with Gasteiger partial charge in [-0.2, -0.15) is 0 Å². The Balaban J connectivity index is 1.76. The van der Waals surface area contributed by atoms with Gasteiger partial charge in [0.15, 0.2) is 5.11 Å². The Kier molecular flexibility index (Phi) is 7.09. The third-order valence-corrected chi connectivity index (χ3v) is 5.24. The van der Waals surface area contributed by atoms with Crippen LogP contribution in [0.2, 0.25) is 5.02 Å². The third kappa shape index (κ3) is 5.65. The van der Waals surface area contributed by atoms with Gasteiger partial charge in [-0.25, -0.2) is 0 Å². The molecule has 0 aliphatic carbocycles. The van der Waals surface area contributed by atoms with Crippen LogP contribution in [-0.4, -0.2) is 21.0 Å². The van der Waals surface area contributed by atoms with E-state index in [9.17, 15) is 4.79 Å². The number of carbonyl (C=O) groups is 1. The second kappa shape index (κ2) is 9.37. The van der Waals surface area contributed by atoms with E-state index >= 15 is 0 Å². The third-order valence-electron chi connectivity index (χ3n) is 4.03. The average Bonchev–Trinajstić information content (AvgIpc) is 2.67. The molecular formula is C20H15Cl4N3OS. The van der Waals surface area contributed by atoms with Gasteiger partial charge in [0.1, 0.15) is 6.17 Å². The van der Waals surface area contributed by atoms with Gasteiger partial charge in [0, 0.05) is 11.1 Å². The fourth-order valence-electron chi connectivity index (χ4n) is 2.68. The number of hydrogen-bond acceptors (Lipinski definition) is 2. The molecule has 3 aromatic rings. The second-order valence-electron chi connectivity index (χ2n) is 6.05. The van der Waals surface area contributed by atoms with Crippen LogP contribution in [0.1, 0.15) is 10.4 Å². The van der Waals surface area contributed by atoms with Crippen LogP contribution in [0, 0.1) is 0 Å². The number of halogens is 4. The van der Waals surface area contributed by atoms with Gasteiger partial charge in [-0.1, -0.05) is 94.9 Å². The molecule has 0 spiro atoms. The van der Waals surface area contributed by atoms with E-state index in [-0.39, 0.29) is 15.7 Å². The Hall–Kier alpha value is -1.76. The van der Waals surface area contributed by atoms with Crippen molar-refractivity contribution in [3.05, 3.63) is 77.3 Å². The normalized spacial score (nSPS) is 12.3. The highest BCUT2D eigenvalue weighted by molar-refractivity contribution is 7.80. The van der Waals surface area contributed by atoms with Gasteiger partial charge in [0.25, 0.3) is 5.91 Å². The van der Waals surface area contributed by atoms with Crippen LogP contribution >= 0.6 is 58.6 Å². The summed E-state index contributed by atoms with van der Waals surface area (Å²) in [4.78, 5) is 12.6. The summed E-state index contributed by atoms with van der Waals surface area (Å²) in [7, 11) is 0. The number of alkyl halides is 3. The van der Waals surface area contributed by atoms with Gasteiger partial charge < -0.3 is 16.0 Å². The predicted molar refractivity (Wildman–Crippen MR) is 126 cm³/mol. The van der Waals surface area contributed by atoms with Gasteiger partial charge in [0.2, 0.25) is 3.79 Å². The summed E-state index contributed by atoms with van der Waals surface area (Å²) in [5, 5.41) is 11.0. The number of hydrogen-bond donors (Lipinski definition) is 3. The van der Waals surface area contributed by atoms with Crippen molar-refractivity contribution in [1.82, 2.24) is 10.6 Å². The molecule has 1 atom stereocenters. The van der Waals surface area contributed by atoms with Crippen LogP contribution in [-0.2, 0) is 0 Å². The number of rotatable bonds is 4. The van der Waals surface area contributed by atoms with Crippen molar-refractivity contribution in [2.24, 2.45) is 0 Å². The summed E-state index contributed by atoms with van der Waals surface area (Å²) in [5.74, 6) is -0.507. The van der Waals surface area contributed by atoms with E-state index in [0.29, 0.717) is 0 Å². The number of thiocarbonyl (C=S) groups is 1. The highest BCUT2D eigenvalue weighted by Crippen LogP contribution is 2.30. The molecule has 0 radical (unpaired) electrons. The van der Waals surface area contributed by atoms with Crippen LogP contribution in [0.25, 0.3) is 10.8 Å². The van der Waals surface area contributed by atoms with Gasteiger partial charge in [-0.05, 0) is 35.8 Å². The number of benzene rings is 3. The molecule has 0 bridgehead atoms. The molecule has 3 rings (SSSR count). The van der Waals surface area contributed by atoms with Crippen LogP contribution in [0.4, 0.5) is 5.69 Å². The minimum Gasteiger partial charge on any atom is -0.339 e. The topological polar surface area (TPSA) is 53.2 Å². The van der Waals surface area contributed by atoms with Crippen molar-refractivity contribution in [1.29, 1.82) is 0 Å². The highest BCUT2D eigenvalue weighted by atomic mass is 35.6. The average molecular weight is 487 g/mol. The molecule has 4 nitrogen and oxygen atoms in total. The molecule has 0 aliphatic heterocycles. The lowest BCUT2D eigenvalue weighted by molar-refractivity contribution is 0.0934. The minimum atomic E-state index is -1.87. The van der Waals surface area contributed by atoms with E-state index in [0.717, 1.165) is 16.5 Å². The largest absolute Gasteiger partial charge is 0.339 e. The monoisotopic (exact) mass is 485 g/mol. The molecule has 0 fully saturated rings. The van der Waals surface area contributed by atoms with Crippen molar-refractivity contribution < 1.29 is 4.79 Å². The molecule has 0 aromatic heterocycles. The van der Waals surface area contributed by atoms with E-state index in [4.69, 9.17) is 58.6 Å². The van der Waals surface area contributed by atoms with Crippen molar-refractivity contribution in [3.8, 4) is 0 Å². The lowest BCUT2D eigenvalue weighted by Crippen LogP contribution is -2.56. The van der Waals surface area contributed by atoms with Gasteiger partial charge in [-0.15, -0.1) is 0 Å². The molecule has 1 amide bonds. The van der Waals surface area contributed by atoms with Crippen LogP contribution in [0.5, 0.6) is 0 Å². The van der Waals surface area contributed by atoms with Crippen molar-refractivity contribution in [2.75, 3.05) is 5.32 Å². The number of fused-ring (bicyclic) bond motifs is 1. The molecular weight excluding hydrogens is 472 g/mol. The Bertz CT molecular complexity index is 1050. The summed E-state index contributed by atoms with van der Waals surface area (Å²) in [6.07, 6.45) is -1.11. The second-order valence-corrected chi connectivity index (χ2v) is 9.24. The number of amides is 1. The summed E-state index contributed by atoms with van der Waals surface area (Å²) in [5.41, 5.74) is 1.03. The highest BCUT2D eigenvalue weighted by Gasteiger charge is 2.35. The maximum absolute atomic E-state index is 12.6. The maximum atomic E-state index is 12.6. The summed E-state index contributed by atoms with van der Waals surface area (Å²) in [6, 6.07) is 20.2. The first-order chi connectivity index (χ1) is 13.8. The Morgan fingerprint density at radius 2 is 1.55 bits per heavy atom. The van der Waals surface area contributed by atoms with E-state index in [1.165, 1.54) is 0 Å². The lowest BCUT2D eigenvalue weighted by atomic mass is 10.1. The zero-order valence-electron chi connectivity index (χ0n) is 14.8. The van der Waals surface area contributed by atoms with Crippen molar-refractivity contribution >= 4 is 86.1 Å². The first-order valence-corrected chi connectivity index (χ1v) is 10.3. The molecule has 0 heterocycles. The van der Waals surface area contributed by atoms with Gasteiger partial charge >= 0.3 is 0 Å². The maximum Gasteiger partial charge on any atom is 0.254 e. The van der Waals surface area contributed by atoms with E-state index in [1.807, 2.05) is 42.5 Å². The fourth-order valence-corrected chi connectivity index (χ4v) is 3.45. The molecule has 0 saturated heterocycles. The molecule has 3 N–H and O–H groups in total. The zero-order valence-corrected chi connectivity index (χ0v) is 18.6. The molecule has 0 saturated carbocycles. The minimum absolute atomic E-state index is 0.178. The number of nitrogens with one attached hydrogen (secondary N) is 3. The first-order valence-electron chi connectivity index (χ1n) is 8.43. The van der Waals surface area contributed by atoms with Gasteiger partial charge in [0.05, 0.1) is 10.6 Å². The summed E-state index contributed by atoms with van der Waals surface area (Å²) >= 11 is 29.6. The van der Waals surface area contributed by atoms with E-state index < -0.39 is 15.9 Å². The van der Waals surface area contributed by atoms with Crippen LogP contribution < -0.4 is 16.0 Å². The Morgan fingerprint density at radius 1 is 0.897 bits per heavy atom. The number of anilines is 1. The number of carbonyl (C=O) groups excluding carboxylic acids is 1. The SMILES string of the molecule is O=C(N[C@H](NC(=S)Nc1cccc2ccccc12)C(Cl)(Cl)Cl)c1ccccc1Cl. The Morgan fingerprint density at radius 3 is 2.28 bits per heavy atom. The molecule has 150 valence electrons. The van der Waals surface area contributed by atoms with Gasteiger partial charge in [-0.3, -0.25) is 4.79 Å². The molecule has 3 aromatic carbocycles. The van der Waals surface area contributed by atoms with Crippen molar-refractivity contribution in [2.45, 2.75) is 9.96 Å². The lowest BCUT2D eigenvalue weighted by Gasteiger charge is -2.28. The van der Waals surface area contributed by atoms with Crippen molar-refractivity contribution in [3.63, 3.8) is 0 Å². The predicted octanol–water partition coefficient (Wildman–Crippen LogP) is 5.91. The molecule has 9 heteroatoms. The first kappa shape index (κ1) is 21.9. The fraction of sp³-hybridized carbons (Fsp3) is 0.100.